The SMILES string of the molecule is CCCCC(Nc1cccc(F)c1C)c1ccccc1. The zero-order chi connectivity index (χ0) is 14.4. The summed E-state index contributed by atoms with van der Waals surface area (Å²) in [5.74, 6) is -0.155. The van der Waals surface area contributed by atoms with Crippen LogP contribution in [0, 0.1) is 12.7 Å². The van der Waals surface area contributed by atoms with Gasteiger partial charge in [-0.05, 0) is 31.0 Å². The summed E-state index contributed by atoms with van der Waals surface area (Å²) in [4.78, 5) is 0. The van der Waals surface area contributed by atoms with Crippen molar-refractivity contribution in [3.05, 3.63) is 65.5 Å². The molecular weight excluding hydrogens is 249 g/mol. The van der Waals surface area contributed by atoms with Crippen LogP contribution in [0.2, 0.25) is 0 Å². The largest absolute Gasteiger partial charge is 0.378 e. The van der Waals surface area contributed by atoms with E-state index in [4.69, 9.17) is 0 Å². The van der Waals surface area contributed by atoms with Gasteiger partial charge >= 0.3 is 0 Å². The van der Waals surface area contributed by atoms with Crippen molar-refractivity contribution >= 4 is 5.69 Å². The fourth-order valence-electron chi connectivity index (χ4n) is 2.37. The van der Waals surface area contributed by atoms with Crippen molar-refractivity contribution in [2.24, 2.45) is 0 Å². The molecule has 106 valence electrons. The second-order valence-corrected chi connectivity index (χ2v) is 5.16. The predicted molar refractivity (Wildman–Crippen MR) is 83.5 cm³/mol. The summed E-state index contributed by atoms with van der Waals surface area (Å²) >= 11 is 0. The van der Waals surface area contributed by atoms with Crippen LogP contribution in [0.3, 0.4) is 0 Å². The maximum Gasteiger partial charge on any atom is 0.128 e. The summed E-state index contributed by atoms with van der Waals surface area (Å²) in [7, 11) is 0. The molecule has 1 N–H and O–H groups in total. The van der Waals surface area contributed by atoms with Crippen LogP contribution in [0.1, 0.15) is 43.4 Å². The Balaban J connectivity index is 2.21. The van der Waals surface area contributed by atoms with Crippen molar-refractivity contribution in [1.29, 1.82) is 0 Å². The maximum absolute atomic E-state index is 13.6. The first kappa shape index (κ1) is 14.6. The molecule has 2 aromatic rings. The van der Waals surface area contributed by atoms with Crippen molar-refractivity contribution in [2.75, 3.05) is 5.32 Å². The van der Waals surface area contributed by atoms with Gasteiger partial charge in [-0.3, -0.25) is 0 Å². The van der Waals surface area contributed by atoms with Gasteiger partial charge in [0.2, 0.25) is 0 Å². The third-order valence-electron chi connectivity index (χ3n) is 3.65. The quantitative estimate of drug-likeness (QED) is 0.733. The molecule has 0 bridgehead atoms. The van der Waals surface area contributed by atoms with Gasteiger partial charge in [-0.15, -0.1) is 0 Å². The van der Waals surface area contributed by atoms with Gasteiger partial charge in [0.05, 0.1) is 6.04 Å². The first-order valence-electron chi connectivity index (χ1n) is 7.29. The molecule has 1 nitrogen and oxygen atoms in total. The Morgan fingerprint density at radius 2 is 1.80 bits per heavy atom. The van der Waals surface area contributed by atoms with E-state index >= 15 is 0 Å². The lowest BCUT2D eigenvalue weighted by Crippen LogP contribution is -2.12. The van der Waals surface area contributed by atoms with Gasteiger partial charge in [-0.1, -0.05) is 56.2 Å². The van der Waals surface area contributed by atoms with Gasteiger partial charge in [0.1, 0.15) is 5.82 Å². The molecule has 0 saturated carbocycles. The molecule has 0 aliphatic carbocycles. The van der Waals surface area contributed by atoms with Crippen LogP contribution in [-0.2, 0) is 0 Å². The Bertz CT molecular complexity index is 536. The molecule has 0 heterocycles. The van der Waals surface area contributed by atoms with Crippen LogP contribution in [0.25, 0.3) is 0 Å². The van der Waals surface area contributed by atoms with Gasteiger partial charge in [0.15, 0.2) is 0 Å². The molecule has 0 aliphatic rings. The molecule has 0 spiro atoms. The molecule has 0 amide bonds. The lowest BCUT2D eigenvalue weighted by molar-refractivity contribution is 0.613. The first-order valence-corrected chi connectivity index (χ1v) is 7.29. The summed E-state index contributed by atoms with van der Waals surface area (Å²) in [6, 6.07) is 15.8. The number of rotatable bonds is 6. The van der Waals surface area contributed by atoms with Crippen LogP contribution in [0.15, 0.2) is 48.5 Å². The van der Waals surface area contributed by atoms with E-state index in [1.54, 1.807) is 6.07 Å². The fraction of sp³-hybridized carbons (Fsp3) is 0.333. The molecule has 2 rings (SSSR count). The topological polar surface area (TPSA) is 12.0 Å². The zero-order valence-electron chi connectivity index (χ0n) is 12.2. The molecular formula is C18H22FN. The van der Waals surface area contributed by atoms with Crippen molar-refractivity contribution in [3.8, 4) is 0 Å². The summed E-state index contributed by atoms with van der Waals surface area (Å²) in [6.07, 6.45) is 3.37. The Labute approximate surface area is 120 Å². The highest BCUT2D eigenvalue weighted by Gasteiger charge is 2.12. The molecule has 20 heavy (non-hydrogen) atoms. The molecule has 2 heteroatoms. The summed E-state index contributed by atoms with van der Waals surface area (Å²) in [6.45, 7) is 4.01. The molecule has 0 aromatic heterocycles. The minimum Gasteiger partial charge on any atom is -0.378 e. The van der Waals surface area contributed by atoms with E-state index in [0.717, 1.165) is 24.9 Å². The molecule has 2 aromatic carbocycles. The predicted octanol–water partition coefficient (Wildman–Crippen LogP) is 5.48. The van der Waals surface area contributed by atoms with E-state index in [2.05, 4.69) is 24.4 Å². The van der Waals surface area contributed by atoms with E-state index < -0.39 is 0 Å². The van der Waals surface area contributed by atoms with E-state index in [9.17, 15) is 4.39 Å². The molecule has 1 unspecified atom stereocenters. The van der Waals surface area contributed by atoms with Gasteiger partial charge in [0, 0.05) is 11.3 Å². The number of nitrogens with one attached hydrogen (secondary N) is 1. The number of unbranched alkanes of at least 4 members (excludes halogenated alkanes) is 1. The minimum atomic E-state index is -0.155. The third kappa shape index (κ3) is 3.60. The second-order valence-electron chi connectivity index (χ2n) is 5.16. The second kappa shape index (κ2) is 7.09. The fourth-order valence-corrected chi connectivity index (χ4v) is 2.37. The molecule has 0 fully saturated rings. The van der Waals surface area contributed by atoms with Crippen LogP contribution in [0.5, 0.6) is 0 Å². The summed E-state index contributed by atoms with van der Waals surface area (Å²) in [5.41, 5.74) is 2.82. The van der Waals surface area contributed by atoms with Crippen molar-refractivity contribution in [3.63, 3.8) is 0 Å². The lowest BCUT2D eigenvalue weighted by Gasteiger charge is -2.21. The Kier molecular flexibility index (Phi) is 5.16. The number of halogens is 1. The van der Waals surface area contributed by atoms with Crippen LogP contribution in [-0.4, -0.2) is 0 Å². The van der Waals surface area contributed by atoms with E-state index in [-0.39, 0.29) is 11.9 Å². The molecule has 0 aliphatic heterocycles. The van der Waals surface area contributed by atoms with E-state index in [0.29, 0.717) is 5.56 Å². The lowest BCUT2D eigenvalue weighted by atomic mass is 10.00. The van der Waals surface area contributed by atoms with E-state index in [1.807, 2.05) is 31.2 Å². The van der Waals surface area contributed by atoms with Crippen LogP contribution >= 0.6 is 0 Å². The van der Waals surface area contributed by atoms with Gasteiger partial charge in [-0.25, -0.2) is 4.39 Å². The Morgan fingerprint density at radius 1 is 1.05 bits per heavy atom. The Hall–Kier alpha value is -1.83. The van der Waals surface area contributed by atoms with Crippen molar-refractivity contribution in [2.45, 2.75) is 39.2 Å². The molecule has 1 atom stereocenters. The molecule has 0 saturated heterocycles. The highest BCUT2D eigenvalue weighted by molar-refractivity contribution is 5.52. The minimum absolute atomic E-state index is 0.155. The summed E-state index contributed by atoms with van der Waals surface area (Å²) < 4.78 is 13.6. The third-order valence-corrected chi connectivity index (χ3v) is 3.65. The standard InChI is InChI=1S/C18H22FN/c1-3-4-12-18(15-9-6-5-7-10-15)20-17-13-8-11-16(19)14(17)2/h5-11,13,18,20H,3-4,12H2,1-2H3. The number of hydrogen-bond acceptors (Lipinski definition) is 1. The highest BCUT2D eigenvalue weighted by atomic mass is 19.1. The maximum atomic E-state index is 13.6. The normalized spacial score (nSPS) is 12.2. The van der Waals surface area contributed by atoms with Gasteiger partial charge in [0.25, 0.3) is 0 Å². The highest BCUT2D eigenvalue weighted by Crippen LogP contribution is 2.27. The van der Waals surface area contributed by atoms with Gasteiger partial charge in [-0.2, -0.15) is 0 Å². The zero-order valence-corrected chi connectivity index (χ0v) is 12.2. The van der Waals surface area contributed by atoms with Crippen molar-refractivity contribution < 1.29 is 4.39 Å². The monoisotopic (exact) mass is 271 g/mol. The van der Waals surface area contributed by atoms with Crippen LogP contribution < -0.4 is 5.32 Å². The average Bonchev–Trinajstić information content (AvgIpc) is 2.48. The number of anilines is 1. The van der Waals surface area contributed by atoms with Crippen LogP contribution in [0.4, 0.5) is 10.1 Å². The van der Waals surface area contributed by atoms with Crippen molar-refractivity contribution in [1.82, 2.24) is 0 Å². The Morgan fingerprint density at radius 3 is 2.50 bits per heavy atom. The van der Waals surface area contributed by atoms with E-state index in [1.165, 1.54) is 11.6 Å². The number of hydrogen-bond donors (Lipinski definition) is 1. The average molecular weight is 271 g/mol. The van der Waals surface area contributed by atoms with Gasteiger partial charge < -0.3 is 5.32 Å². The first-order chi connectivity index (χ1) is 9.72. The number of benzene rings is 2. The summed E-state index contributed by atoms with van der Waals surface area (Å²) in [5, 5.41) is 3.50. The smallest absolute Gasteiger partial charge is 0.128 e. The molecule has 0 radical (unpaired) electrons.